The average molecular weight is 412 g/mol. The molecule has 1 aliphatic heterocycles. The lowest BCUT2D eigenvalue weighted by Crippen LogP contribution is -2.49. The summed E-state index contributed by atoms with van der Waals surface area (Å²) in [6.07, 6.45) is 4.98. The smallest absolute Gasteiger partial charge is 0.324 e. The average Bonchev–Trinajstić information content (AvgIpc) is 3.27. The van der Waals surface area contributed by atoms with Crippen molar-refractivity contribution in [3.8, 4) is 0 Å². The predicted octanol–water partition coefficient (Wildman–Crippen LogP) is 5.30. The number of amides is 3. The standard InChI is InChI=1S/C23H26ClN3O2/c24-19-11-4-3-10-18(19)16-26-14-7-15-27(23(26)29)21-13-6-5-12-20(21)25-22(28)17-8-1-2-9-17/h3-6,10-13,17H,1-2,7-9,14-16H2,(H,25,28). The number of hydrogen-bond acceptors (Lipinski definition) is 2. The monoisotopic (exact) mass is 411 g/mol. The van der Waals surface area contributed by atoms with E-state index in [9.17, 15) is 9.59 Å². The summed E-state index contributed by atoms with van der Waals surface area (Å²) in [7, 11) is 0. The topological polar surface area (TPSA) is 52.7 Å². The Balaban J connectivity index is 1.52. The molecule has 2 aromatic carbocycles. The van der Waals surface area contributed by atoms with Crippen LogP contribution in [0.2, 0.25) is 5.02 Å². The van der Waals surface area contributed by atoms with Crippen molar-refractivity contribution in [1.82, 2.24) is 4.90 Å². The van der Waals surface area contributed by atoms with Gasteiger partial charge in [0.2, 0.25) is 5.91 Å². The Hall–Kier alpha value is -2.53. The lowest BCUT2D eigenvalue weighted by molar-refractivity contribution is -0.119. The van der Waals surface area contributed by atoms with Gasteiger partial charge in [0.1, 0.15) is 0 Å². The molecule has 152 valence electrons. The van der Waals surface area contributed by atoms with Crippen LogP contribution < -0.4 is 10.2 Å². The molecule has 1 saturated heterocycles. The number of nitrogens with zero attached hydrogens (tertiary/aromatic N) is 2. The van der Waals surface area contributed by atoms with Crippen LogP contribution in [0.3, 0.4) is 0 Å². The highest BCUT2D eigenvalue weighted by Gasteiger charge is 2.30. The number of halogens is 1. The summed E-state index contributed by atoms with van der Waals surface area (Å²) in [6.45, 7) is 1.80. The molecule has 1 saturated carbocycles. The summed E-state index contributed by atoms with van der Waals surface area (Å²) < 4.78 is 0. The van der Waals surface area contributed by atoms with Crippen molar-refractivity contribution in [1.29, 1.82) is 0 Å². The van der Waals surface area contributed by atoms with Crippen molar-refractivity contribution < 1.29 is 9.59 Å². The van der Waals surface area contributed by atoms with Crippen LogP contribution in [0, 0.1) is 5.92 Å². The number of nitrogens with one attached hydrogen (secondary N) is 1. The molecule has 0 atom stereocenters. The van der Waals surface area contributed by atoms with Crippen LogP contribution in [0.4, 0.5) is 16.2 Å². The maximum Gasteiger partial charge on any atom is 0.324 e. The van der Waals surface area contributed by atoms with Gasteiger partial charge in [-0.2, -0.15) is 0 Å². The molecule has 5 nitrogen and oxygen atoms in total. The largest absolute Gasteiger partial charge is 0.324 e. The van der Waals surface area contributed by atoms with Gasteiger partial charge in [0.15, 0.2) is 0 Å². The second-order valence-electron chi connectivity index (χ2n) is 7.79. The zero-order valence-electron chi connectivity index (χ0n) is 16.4. The van der Waals surface area contributed by atoms with Gasteiger partial charge >= 0.3 is 6.03 Å². The Bertz CT molecular complexity index is 895. The van der Waals surface area contributed by atoms with Crippen molar-refractivity contribution in [2.24, 2.45) is 5.92 Å². The molecule has 2 aromatic rings. The van der Waals surface area contributed by atoms with Crippen LogP contribution in [0.5, 0.6) is 0 Å². The first kappa shape index (κ1) is 19.8. The third kappa shape index (κ3) is 4.40. The van der Waals surface area contributed by atoms with Gasteiger partial charge in [-0.05, 0) is 43.0 Å². The van der Waals surface area contributed by atoms with Crippen molar-refractivity contribution in [3.63, 3.8) is 0 Å². The summed E-state index contributed by atoms with van der Waals surface area (Å²) in [5, 5.41) is 3.74. The van der Waals surface area contributed by atoms with Crippen LogP contribution in [-0.4, -0.2) is 29.9 Å². The fourth-order valence-electron chi connectivity index (χ4n) is 4.22. The lowest BCUT2D eigenvalue weighted by atomic mass is 10.1. The van der Waals surface area contributed by atoms with E-state index in [1.807, 2.05) is 53.4 Å². The zero-order valence-corrected chi connectivity index (χ0v) is 17.2. The number of hydrogen-bond donors (Lipinski definition) is 1. The van der Waals surface area contributed by atoms with E-state index in [4.69, 9.17) is 11.6 Å². The van der Waals surface area contributed by atoms with Gasteiger partial charge in [-0.15, -0.1) is 0 Å². The number of para-hydroxylation sites is 2. The first-order chi connectivity index (χ1) is 14.1. The molecule has 6 heteroatoms. The van der Waals surface area contributed by atoms with Crippen LogP contribution in [0.1, 0.15) is 37.7 Å². The Morgan fingerprint density at radius 1 is 1.00 bits per heavy atom. The van der Waals surface area contributed by atoms with E-state index in [0.29, 0.717) is 30.3 Å². The van der Waals surface area contributed by atoms with E-state index in [2.05, 4.69) is 5.32 Å². The van der Waals surface area contributed by atoms with Crippen molar-refractivity contribution in [2.75, 3.05) is 23.3 Å². The minimum atomic E-state index is -0.0567. The van der Waals surface area contributed by atoms with Gasteiger partial charge in [-0.25, -0.2) is 4.79 Å². The Labute approximate surface area is 176 Å². The molecule has 2 fully saturated rings. The normalized spacial score (nSPS) is 17.6. The molecule has 2 aliphatic rings. The molecule has 3 amide bonds. The molecule has 1 aliphatic carbocycles. The second-order valence-corrected chi connectivity index (χ2v) is 8.20. The molecule has 29 heavy (non-hydrogen) atoms. The van der Waals surface area contributed by atoms with E-state index in [-0.39, 0.29) is 17.9 Å². The number of rotatable bonds is 5. The van der Waals surface area contributed by atoms with Crippen LogP contribution >= 0.6 is 11.6 Å². The molecular formula is C23H26ClN3O2. The molecule has 1 heterocycles. The third-order valence-electron chi connectivity index (χ3n) is 5.81. The fraction of sp³-hybridized carbons (Fsp3) is 0.391. The molecule has 0 aromatic heterocycles. The van der Waals surface area contributed by atoms with Crippen molar-refractivity contribution in [2.45, 2.75) is 38.6 Å². The first-order valence-electron chi connectivity index (χ1n) is 10.3. The van der Waals surface area contributed by atoms with Gasteiger partial charge in [-0.3, -0.25) is 9.69 Å². The van der Waals surface area contributed by atoms with Gasteiger partial charge in [0.05, 0.1) is 11.4 Å². The molecule has 1 N–H and O–H groups in total. The summed E-state index contributed by atoms with van der Waals surface area (Å²) in [5.74, 6) is 0.143. The summed E-state index contributed by atoms with van der Waals surface area (Å²) >= 11 is 6.29. The van der Waals surface area contributed by atoms with Crippen LogP contribution in [0.15, 0.2) is 48.5 Å². The number of anilines is 2. The third-order valence-corrected chi connectivity index (χ3v) is 6.18. The second kappa shape index (κ2) is 8.87. The van der Waals surface area contributed by atoms with E-state index in [0.717, 1.165) is 43.4 Å². The molecule has 0 radical (unpaired) electrons. The highest BCUT2D eigenvalue weighted by Crippen LogP contribution is 2.32. The first-order valence-corrected chi connectivity index (χ1v) is 10.7. The van der Waals surface area contributed by atoms with Gasteiger partial charge in [0.25, 0.3) is 0 Å². The summed E-state index contributed by atoms with van der Waals surface area (Å²) in [6, 6.07) is 15.1. The van der Waals surface area contributed by atoms with E-state index in [1.165, 1.54) is 0 Å². The Morgan fingerprint density at radius 3 is 2.52 bits per heavy atom. The summed E-state index contributed by atoms with van der Waals surface area (Å²) in [5.41, 5.74) is 2.40. The molecular weight excluding hydrogens is 386 g/mol. The number of carbonyl (C=O) groups is 2. The molecule has 0 bridgehead atoms. The van der Waals surface area contributed by atoms with E-state index < -0.39 is 0 Å². The zero-order chi connectivity index (χ0) is 20.2. The molecule has 0 spiro atoms. The number of benzene rings is 2. The van der Waals surface area contributed by atoms with E-state index >= 15 is 0 Å². The van der Waals surface area contributed by atoms with Crippen LogP contribution in [0.25, 0.3) is 0 Å². The minimum absolute atomic E-state index is 0.0567. The Morgan fingerprint density at radius 2 is 1.72 bits per heavy atom. The van der Waals surface area contributed by atoms with Gasteiger partial charge in [0, 0.05) is 30.6 Å². The predicted molar refractivity (Wildman–Crippen MR) is 116 cm³/mol. The van der Waals surface area contributed by atoms with Crippen LogP contribution in [-0.2, 0) is 11.3 Å². The number of urea groups is 1. The number of carbonyl (C=O) groups excluding carboxylic acids is 2. The highest BCUT2D eigenvalue weighted by molar-refractivity contribution is 6.31. The van der Waals surface area contributed by atoms with Crippen molar-refractivity contribution >= 4 is 34.9 Å². The Kier molecular flexibility index (Phi) is 6.05. The fourth-order valence-corrected chi connectivity index (χ4v) is 4.42. The van der Waals surface area contributed by atoms with Gasteiger partial charge < -0.3 is 10.2 Å². The summed E-state index contributed by atoms with van der Waals surface area (Å²) in [4.78, 5) is 29.5. The molecule has 0 unspecified atom stereocenters. The molecule has 4 rings (SSSR count). The quantitative estimate of drug-likeness (QED) is 0.725. The van der Waals surface area contributed by atoms with Crippen molar-refractivity contribution in [3.05, 3.63) is 59.1 Å². The SMILES string of the molecule is O=C(Nc1ccccc1N1CCCN(Cc2ccccc2Cl)C1=O)C1CCCC1. The minimum Gasteiger partial charge on any atom is -0.324 e. The maximum atomic E-state index is 13.2. The lowest BCUT2D eigenvalue weighted by Gasteiger charge is -2.36. The maximum absolute atomic E-state index is 13.2. The highest BCUT2D eigenvalue weighted by atomic mass is 35.5. The van der Waals surface area contributed by atoms with E-state index in [1.54, 1.807) is 4.90 Å². The van der Waals surface area contributed by atoms with Gasteiger partial charge in [-0.1, -0.05) is 54.8 Å².